The largest absolute Gasteiger partial charge is 0.362 e. The fourth-order valence-corrected chi connectivity index (χ4v) is 4.33. The predicted octanol–water partition coefficient (Wildman–Crippen LogP) is 2.83. The van der Waals surface area contributed by atoms with E-state index in [2.05, 4.69) is 10.0 Å². The minimum atomic E-state index is -1.33. The molecular formula is C22H28F3N3O2S. The molecule has 2 aromatic carbocycles. The summed E-state index contributed by atoms with van der Waals surface area (Å²) in [6.07, 6.45) is -0.322. The van der Waals surface area contributed by atoms with Gasteiger partial charge in [-0.15, -0.1) is 0 Å². The van der Waals surface area contributed by atoms with E-state index in [1.807, 2.05) is 4.90 Å². The van der Waals surface area contributed by atoms with E-state index >= 15 is 4.39 Å². The van der Waals surface area contributed by atoms with Crippen LogP contribution in [-0.4, -0.2) is 60.2 Å². The lowest BCUT2D eigenvalue weighted by atomic mass is 9.95. The highest BCUT2D eigenvalue weighted by atomic mass is 32.2. The quantitative estimate of drug-likeness (QED) is 0.632. The lowest BCUT2D eigenvalue weighted by Crippen LogP contribution is -2.46. The summed E-state index contributed by atoms with van der Waals surface area (Å²) in [4.78, 5) is 10.9. The normalized spacial score (nSPS) is 21.8. The Kier molecular flexibility index (Phi) is 9.67. The van der Waals surface area contributed by atoms with Gasteiger partial charge in [0.05, 0.1) is 17.0 Å². The summed E-state index contributed by atoms with van der Waals surface area (Å²) < 4.78 is 58.3. The first kappa shape index (κ1) is 25.0. The first-order chi connectivity index (χ1) is 14.8. The molecule has 9 heteroatoms. The highest BCUT2D eigenvalue weighted by Crippen LogP contribution is 2.30. The number of amides is 1. The van der Waals surface area contributed by atoms with E-state index in [4.69, 9.17) is 4.79 Å². The van der Waals surface area contributed by atoms with Crippen LogP contribution in [0.1, 0.15) is 12.5 Å². The van der Waals surface area contributed by atoms with Crippen LogP contribution in [0.5, 0.6) is 0 Å². The number of likely N-dealkylation sites (N-methyl/N-ethyl adjacent to an activating group) is 1. The van der Waals surface area contributed by atoms with Gasteiger partial charge in [0, 0.05) is 36.5 Å². The molecule has 0 radical (unpaired) electrons. The Morgan fingerprint density at radius 3 is 2.42 bits per heavy atom. The molecule has 2 aromatic rings. The topological polar surface area (TPSA) is 61.4 Å². The van der Waals surface area contributed by atoms with E-state index in [1.54, 1.807) is 45.3 Å². The number of rotatable bonds is 7. The Bertz CT molecular complexity index is 900. The minimum Gasteiger partial charge on any atom is -0.362 e. The summed E-state index contributed by atoms with van der Waals surface area (Å²) >= 11 is 0. The number of carbonyl (C=O) groups excluding carboxylic acids is 1. The zero-order valence-corrected chi connectivity index (χ0v) is 18.6. The van der Waals surface area contributed by atoms with Crippen molar-refractivity contribution in [1.82, 2.24) is 14.9 Å². The van der Waals surface area contributed by atoms with Gasteiger partial charge in [0.15, 0.2) is 0 Å². The van der Waals surface area contributed by atoms with Gasteiger partial charge in [-0.3, -0.25) is 9.69 Å². The molecule has 2 N–H and O–H groups in total. The van der Waals surface area contributed by atoms with Gasteiger partial charge in [0.1, 0.15) is 17.8 Å². The van der Waals surface area contributed by atoms with Gasteiger partial charge in [-0.1, -0.05) is 43.3 Å². The molecule has 31 heavy (non-hydrogen) atoms. The van der Waals surface area contributed by atoms with Crippen molar-refractivity contribution in [3.63, 3.8) is 0 Å². The molecule has 4 atom stereocenters. The maximum atomic E-state index is 15.1. The van der Waals surface area contributed by atoms with E-state index in [-0.39, 0.29) is 30.1 Å². The van der Waals surface area contributed by atoms with Gasteiger partial charge < -0.3 is 5.32 Å². The molecule has 1 heterocycles. The summed E-state index contributed by atoms with van der Waals surface area (Å²) in [5.41, 5.74) is 0.766. The second kappa shape index (κ2) is 12.0. The van der Waals surface area contributed by atoms with Crippen LogP contribution in [0.4, 0.5) is 13.2 Å². The first-order valence-corrected chi connectivity index (χ1v) is 11.3. The van der Waals surface area contributed by atoms with Crippen LogP contribution < -0.4 is 10.0 Å². The molecule has 170 valence electrons. The molecule has 1 fully saturated rings. The van der Waals surface area contributed by atoms with Crippen LogP contribution in [0, 0.1) is 11.6 Å². The second-order valence-corrected chi connectivity index (χ2v) is 8.67. The molecule has 0 spiro atoms. The third-order valence-corrected chi connectivity index (χ3v) is 6.21. The fraction of sp³-hybridized carbons (Fsp3) is 0.409. The van der Waals surface area contributed by atoms with Crippen molar-refractivity contribution in [2.45, 2.75) is 31.6 Å². The number of hydrogen-bond acceptors (Lipinski definition) is 3. The molecular weight excluding hydrogens is 427 g/mol. The Morgan fingerprint density at radius 2 is 1.81 bits per heavy atom. The highest BCUT2D eigenvalue weighted by molar-refractivity contribution is 7.83. The third-order valence-electron chi connectivity index (χ3n) is 5.15. The average molecular weight is 456 g/mol. The molecule has 5 nitrogen and oxygen atoms in total. The molecule has 1 aliphatic rings. The predicted molar refractivity (Wildman–Crippen MR) is 118 cm³/mol. The van der Waals surface area contributed by atoms with Crippen LogP contribution in [0.2, 0.25) is 0 Å². The lowest BCUT2D eigenvalue weighted by molar-refractivity contribution is -0.109. The summed E-state index contributed by atoms with van der Waals surface area (Å²) in [6, 6.07) is 9.89. The Balaban J connectivity index is 0.000000785. The number of carbonyl (C=O) groups is 1. The second-order valence-electron chi connectivity index (χ2n) is 7.17. The fourth-order valence-electron chi connectivity index (χ4n) is 3.56. The van der Waals surface area contributed by atoms with Crippen molar-refractivity contribution in [3.05, 3.63) is 59.7 Å². The summed E-state index contributed by atoms with van der Waals surface area (Å²) in [7, 11) is 2.00. The van der Waals surface area contributed by atoms with Crippen molar-refractivity contribution >= 4 is 17.4 Å². The molecule has 3 rings (SSSR count). The van der Waals surface area contributed by atoms with E-state index in [1.165, 1.54) is 18.2 Å². The SMILES string of the molecule is CCS(=O)NC1C(F)CN(C)C1Cc1cccc(-c2ccccc2F)c1F.CNC=O. The Morgan fingerprint density at radius 1 is 1.16 bits per heavy atom. The molecule has 1 aliphatic heterocycles. The zero-order valence-electron chi connectivity index (χ0n) is 17.8. The van der Waals surface area contributed by atoms with Crippen molar-refractivity contribution in [1.29, 1.82) is 0 Å². The number of hydrogen-bond donors (Lipinski definition) is 2. The van der Waals surface area contributed by atoms with Crippen LogP contribution in [0.15, 0.2) is 42.5 Å². The first-order valence-electron chi connectivity index (χ1n) is 9.96. The van der Waals surface area contributed by atoms with Gasteiger partial charge in [0.2, 0.25) is 6.41 Å². The molecule has 0 aromatic heterocycles. The molecule has 1 saturated heterocycles. The number of nitrogens with one attached hydrogen (secondary N) is 2. The van der Waals surface area contributed by atoms with Gasteiger partial charge in [-0.25, -0.2) is 22.1 Å². The lowest BCUT2D eigenvalue weighted by Gasteiger charge is -2.26. The number of nitrogens with zero attached hydrogens (tertiary/aromatic N) is 1. The zero-order chi connectivity index (χ0) is 23.0. The highest BCUT2D eigenvalue weighted by Gasteiger charge is 2.41. The number of halogens is 3. The van der Waals surface area contributed by atoms with Gasteiger partial charge in [0.25, 0.3) is 0 Å². The number of likely N-dealkylation sites (tertiary alicyclic amines) is 1. The molecule has 1 amide bonds. The molecule has 0 bridgehead atoms. The van der Waals surface area contributed by atoms with E-state index in [9.17, 15) is 13.0 Å². The van der Waals surface area contributed by atoms with E-state index in [0.29, 0.717) is 17.7 Å². The standard InChI is InChI=1S/C20H23F3N2OS.C2H5NO/c1-3-27(26)24-20-17(22)12-25(2)18(20)11-13-7-6-9-15(19(13)23)14-8-4-5-10-16(14)21;1-3-2-4/h4-10,17-18,20,24H,3,11-12H2,1-2H3;2H,1H3,(H,3,4). The summed E-state index contributed by atoms with van der Waals surface area (Å²) in [6.45, 7) is 1.94. The number of alkyl halides is 1. The van der Waals surface area contributed by atoms with Crippen molar-refractivity contribution < 1.29 is 22.2 Å². The monoisotopic (exact) mass is 455 g/mol. The van der Waals surface area contributed by atoms with Gasteiger partial charge in [-0.05, 0) is 25.1 Å². The van der Waals surface area contributed by atoms with Crippen molar-refractivity contribution in [2.24, 2.45) is 0 Å². The Labute approximate surface area is 183 Å². The van der Waals surface area contributed by atoms with Crippen LogP contribution >= 0.6 is 0 Å². The van der Waals surface area contributed by atoms with E-state index < -0.39 is 34.8 Å². The van der Waals surface area contributed by atoms with Crippen LogP contribution in [0.25, 0.3) is 11.1 Å². The molecule has 0 aliphatic carbocycles. The van der Waals surface area contributed by atoms with Crippen molar-refractivity contribution in [2.75, 3.05) is 26.4 Å². The Hall–Kier alpha value is -2.23. The summed E-state index contributed by atoms with van der Waals surface area (Å²) in [5, 5.41) is 2.25. The number of benzene rings is 2. The van der Waals surface area contributed by atoms with Gasteiger partial charge >= 0.3 is 0 Å². The molecule has 0 saturated carbocycles. The molecule has 4 unspecified atom stereocenters. The van der Waals surface area contributed by atoms with E-state index in [0.717, 1.165) is 0 Å². The maximum Gasteiger partial charge on any atom is 0.206 e. The van der Waals surface area contributed by atoms with Crippen LogP contribution in [0.3, 0.4) is 0 Å². The third kappa shape index (κ3) is 6.38. The van der Waals surface area contributed by atoms with Crippen LogP contribution in [-0.2, 0) is 22.2 Å². The van der Waals surface area contributed by atoms with Crippen molar-refractivity contribution in [3.8, 4) is 11.1 Å². The van der Waals surface area contributed by atoms with Gasteiger partial charge in [-0.2, -0.15) is 0 Å². The smallest absolute Gasteiger partial charge is 0.206 e. The summed E-state index contributed by atoms with van der Waals surface area (Å²) in [5.74, 6) is -0.626. The maximum absolute atomic E-state index is 15.1. The average Bonchev–Trinajstić information content (AvgIpc) is 3.02. The minimum absolute atomic E-state index is 0.185.